The third kappa shape index (κ3) is 4.46. The normalized spacial score (nSPS) is 10.4. The molecule has 0 atom stereocenters. The van der Waals surface area contributed by atoms with Gasteiger partial charge in [0.15, 0.2) is 0 Å². The van der Waals surface area contributed by atoms with E-state index in [9.17, 15) is 4.79 Å². The molecule has 0 aliphatic carbocycles. The molecule has 0 spiro atoms. The molecule has 1 N–H and O–H groups in total. The van der Waals surface area contributed by atoms with E-state index in [1.807, 2.05) is 53.9 Å². The van der Waals surface area contributed by atoms with Crippen LogP contribution in [0.4, 0.5) is 11.4 Å². The Bertz CT molecular complexity index is 811. The second-order valence-corrected chi connectivity index (χ2v) is 6.58. The number of ether oxygens (including phenoxy) is 1. The lowest BCUT2D eigenvalue weighted by atomic mass is 10.2. The van der Waals surface area contributed by atoms with Crippen molar-refractivity contribution in [2.45, 2.75) is 20.0 Å². The monoisotopic (exact) mass is 337 g/mol. The molecule has 122 valence electrons. The Hall–Kier alpha value is -2.59. The highest BCUT2D eigenvalue weighted by Crippen LogP contribution is 2.27. The van der Waals surface area contributed by atoms with Crippen LogP contribution in [0, 0.1) is 6.92 Å². The van der Waals surface area contributed by atoms with Crippen molar-refractivity contribution in [1.82, 2.24) is 0 Å². The first kappa shape index (κ1) is 16.3. The van der Waals surface area contributed by atoms with Crippen LogP contribution in [0.2, 0.25) is 0 Å². The predicted octanol–water partition coefficient (Wildman–Crippen LogP) is 5.09. The summed E-state index contributed by atoms with van der Waals surface area (Å²) >= 11 is 1.56. The highest BCUT2D eigenvalue weighted by atomic mass is 32.1. The van der Waals surface area contributed by atoms with E-state index in [1.54, 1.807) is 11.3 Å². The maximum atomic E-state index is 12.1. The van der Waals surface area contributed by atoms with Crippen molar-refractivity contribution in [2.75, 3.05) is 5.32 Å². The Morgan fingerprint density at radius 1 is 1.08 bits per heavy atom. The van der Waals surface area contributed by atoms with Crippen LogP contribution in [-0.4, -0.2) is 5.97 Å². The highest BCUT2D eigenvalue weighted by molar-refractivity contribution is 7.10. The molecular weight excluding hydrogens is 318 g/mol. The number of nitrogens with one attached hydrogen (secondary N) is 1. The van der Waals surface area contributed by atoms with Crippen molar-refractivity contribution in [3.05, 3.63) is 82.0 Å². The fraction of sp³-hybridized carbons (Fsp3) is 0.150. The quantitative estimate of drug-likeness (QED) is 0.637. The van der Waals surface area contributed by atoms with Crippen molar-refractivity contribution < 1.29 is 9.53 Å². The molecule has 2 aromatic carbocycles. The predicted molar refractivity (Wildman–Crippen MR) is 98.7 cm³/mol. The van der Waals surface area contributed by atoms with Gasteiger partial charge >= 0.3 is 5.97 Å². The largest absolute Gasteiger partial charge is 0.461 e. The van der Waals surface area contributed by atoms with E-state index in [0.29, 0.717) is 6.61 Å². The van der Waals surface area contributed by atoms with E-state index in [2.05, 4.69) is 24.4 Å². The SMILES string of the molecule is Cc1cccc(Nc2ccsc2CC(=O)OCc2ccccc2)c1. The summed E-state index contributed by atoms with van der Waals surface area (Å²) in [6, 6.07) is 19.9. The van der Waals surface area contributed by atoms with Gasteiger partial charge in [0, 0.05) is 10.6 Å². The first-order valence-corrected chi connectivity index (χ1v) is 8.68. The molecule has 0 aliphatic rings. The second kappa shape index (κ2) is 7.79. The van der Waals surface area contributed by atoms with Crippen LogP contribution in [-0.2, 0) is 22.6 Å². The van der Waals surface area contributed by atoms with E-state index in [1.165, 1.54) is 5.56 Å². The number of carbonyl (C=O) groups excluding carboxylic acids is 1. The molecule has 1 heterocycles. The van der Waals surface area contributed by atoms with Crippen LogP contribution in [0.25, 0.3) is 0 Å². The maximum absolute atomic E-state index is 12.1. The lowest BCUT2D eigenvalue weighted by Crippen LogP contribution is -2.08. The van der Waals surface area contributed by atoms with Gasteiger partial charge in [0.2, 0.25) is 0 Å². The van der Waals surface area contributed by atoms with Gasteiger partial charge in [-0.05, 0) is 41.6 Å². The van der Waals surface area contributed by atoms with Crippen LogP contribution < -0.4 is 5.32 Å². The molecule has 0 radical (unpaired) electrons. The van der Waals surface area contributed by atoms with Crippen LogP contribution in [0.5, 0.6) is 0 Å². The third-order valence-corrected chi connectivity index (χ3v) is 4.51. The third-order valence-electron chi connectivity index (χ3n) is 3.59. The average Bonchev–Trinajstić information content (AvgIpc) is 3.01. The van der Waals surface area contributed by atoms with Gasteiger partial charge in [-0.15, -0.1) is 11.3 Å². The summed E-state index contributed by atoms with van der Waals surface area (Å²) in [5, 5.41) is 5.36. The minimum Gasteiger partial charge on any atom is -0.461 e. The number of rotatable bonds is 6. The molecular formula is C20H19NO2S. The maximum Gasteiger partial charge on any atom is 0.311 e. The number of aryl methyl sites for hydroxylation is 1. The zero-order valence-electron chi connectivity index (χ0n) is 13.5. The molecule has 4 heteroatoms. The molecule has 0 aliphatic heterocycles. The van der Waals surface area contributed by atoms with Crippen molar-refractivity contribution in [3.8, 4) is 0 Å². The van der Waals surface area contributed by atoms with Gasteiger partial charge in [0.25, 0.3) is 0 Å². The molecule has 0 saturated carbocycles. The van der Waals surface area contributed by atoms with Crippen molar-refractivity contribution >= 4 is 28.7 Å². The van der Waals surface area contributed by atoms with E-state index >= 15 is 0 Å². The van der Waals surface area contributed by atoms with Crippen molar-refractivity contribution in [1.29, 1.82) is 0 Å². The van der Waals surface area contributed by atoms with Crippen LogP contribution in [0.1, 0.15) is 16.0 Å². The Morgan fingerprint density at radius 2 is 1.92 bits per heavy atom. The summed E-state index contributed by atoms with van der Waals surface area (Å²) in [6.07, 6.45) is 0.276. The fourth-order valence-electron chi connectivity index (χ4n) is 2.39. The topological polar surface area (TPSA) is 38.3 Å². The van der Waals surface area contributed by atoms with E-state index in [4.69, 9.17) is 4.74 Å². The zero-order valence-corrected chi connectivity index (χ0v) is 14.3. The van der Waals surface area contributed by atoms with Crippen molar-refractivity contribution in [2.24, 2.45) is 0 Å². The summed E-state index contributed by atoms with van der Waals surface area (Å²) in [6.45, 7) is 2.37. The molecule has 0 amide bonds. The standard InChI is InChI=1S/C20H19NO2S/c1-15-6-5-9-17(12-15)21-18-10-11-24-19(18)13-20(22)23-14-16-7-3-2-4-8-16/h2-12,21H,13-14H2,1H3. The Labute approximate surface area is 145 Å². The minimum atomic E-state index is -0.214. The number of carbonyl (C=O) groups is 1. The molecule has 0 unspecified atom stereocenters. The van der Waals surface area contributed by atoms with Crippen molar-refractivity contribution in [3.63, 3.8) is 0 Å². The van der Waals surface area contributed by atoms with Gasteiger partial charge in [-0.1, -0.05) is 42.5 Å². The second-order valence-electron chi connectivity index (χ2n) is 5.57. The lowest BCUT2D eigenvalue weighted by molar-refractivity contribution is -0.144. The molecule has 3 rings (SSSR count). The van der Waals surface area contributed by atoms with Gasteiger partial charge in [-0.25, -0.2) is 0 Å². The number of hydrogen-bond acceptors (Lipinski definition) is 4. The summed E-state index contributed by atoms with van der Waals surface area (Å²) in [4.78, 5) is 13.1. The van der Waals surface area contributed by atoms with E-state index in [0.717, 1.165) is 21.8 Å². The van der Waals surface area contributed by atoms with Crippen LogP contribution in [0.3, 0.4) is 0 Å². The Kier molecular flexibility index (Phi) is 5.29. The summed E-state index contributed by atoms with van der Waals surface area (Å²) in [7, 11) is 0. The number of hydrogen-bond donors (Lipinski definition) is 1. The van der Waals surface area contributed by atoms with Gasteiger partial charge in [-0.2, -0.15) is 0 Å². The average molecular weight is 337 g/mol. The summed E-state index contributed by atoms with van der Waals surface area (Å²) in [5.41, 5.74) is 4.17. The minimum absolute atomic E-state index is 0.214. The number of benzene rings is 2. The lowest BCUT2D eigenvalue weighted by Gasteiger charge is -2.09. The van der Waals surface area contributed by atoms with E-state index < -0.39 is 0 Å². The smallest absolute Gasteiger partial charge is 0.311 e. The van der Waals surface area contributed by atoms with Crippen LogP contribution >= 0.6 is 11.3 Å². The first-order valence-electron chi connectivity index (χ1n) is 7.80. The molecule has 1 aromatic heterocycles. The molecule has 3 nitrogen and oxygen atoms in total. The first-order chi connectivity index (χ1) is 11.7. The highest BCUT2D eigenvalue weighted by Gasteiger charge is 2.11. The number of thiophene rings is 1. The van der Waals surface area contributed by atoms with E-state index in [-0.39, 0.29) is 12.4 Å². The van der Waals surface area contributed by atoms with Gasteiger partial charge in [0.1, 0.15) is 6.61 Å². The molecule has 0 bridgehead atoms. The molecule has 0 saturated heterocycles. The summed E-state index contributed by atoms with van der Waals surface area (Å²) < 4.78 is 5.37. The van der Waals surface area contributed by atoms with Gasteiger partial charge in [-0.3, -0.25) is 4.79 Å². The molecule has 3 aromatic rings. The van der Waals surface area contributed by atoms with Gasteiger partial charge < -0.3 is 10.1 Å². The Morgan fingerprint density at radius 3 is 2.71 bits per heavy atom. The Balaban J connectivity index is 1.59. The molecule has 0 fully saturated rings. The number of anilines is 2. The summed E-state index contributed by atoms with van der Waals surface area (Å²) in [5.74, 6) is -0.214. The number of esters is 1. The fourth-order valence-corrected chi connectivity index (χ4v) is 3.20. The zero-order chi connectivity index (χ0) is 16.8. The van der Waals surface area contributed by atoms with Gasteiger partial charge in [0.05, 0.1) is 12.1 Å². The molecule has 24 heavy (non-hydrogen) atoms. The van der Waals surface area contributed by atoms with Crippen LogP contribution in [0.15, 0.2) is 66.0 Å².